The molecule has 0 atom stereocenters. The van der Waals surface area contributed by atoms with E-state index in [0.717, 1.165) is 5.56 Å². The number of aromatic nitrogens is 2. The Morgan fingerprint density at radius 2 is 1.94 bits per heavy atom. The minimum absolute atomic E-state index is 0.131. The zero-order valence-electron chi connectivity index (χ0n) is 17.4. The number of hydrogen-bond donors (Lipinski definition) is 2. The maximum Gasteiger partial charge on any atom is 0.272 e. The summed E-state index contributed by atoms with van der Waals surface area (Å²) in [5, 5.41) is 9.58. The lowest BCUT2D eigenvalue weighted by Crippen LogP contribution is -2.32. The Kier molecular flexibility index (Phi) is 7.71. The van der Waals surface area contributed by atoms with Gasteiger partial charge >= 0.3 is 0 Å². The summed E-state index contributed by atoms with van der Waals surface area (Å²) >= 11 is 0. The predicted molar refractivity (Wildman–Crippen MR) is 110 cm³/mol. The first-order valence-electron chi connectivity index (χ1n) is 10.1. The van der Waals surface area contributed by atoms with E-state index in [1.165, 1.54) is 18.2 Å². The fourth-order valence-corrected chi connectivity index (χ4v) is 3.27. The molecule has 0 radical (unpaired) electrons. The normalized spacial score (nSPS) is 13.5. The molecule has 2 heterocycles. The van der Waals surface area contributed by atoms with Gasteiger partial charge in [0.2, 0.25) is 5.91 Å². The Labute approximate surface area is 179 Å². The Balaban J connectivity index is 1.58. The van der Waals surface area contributed by atoms with E-state index < -0.39 is 5.91 Å². The Morgan fingerprint density at radius 1 is 1.16 bits per heavy atom. The number of fused-ring (bicyclic) bond motifs is 1. The molecular formula is C21H26FN5O4. The highest BCUT2D eigenvalue weighted by Crippen LogP contribution is 2.17. The molecule has 9 nitrogen and oxygen atoms in total. The molecule has 1 aliphatic rings. The first-order chi connectivity index (χ1) is 15.0. The van der Waals surface area contributed by atoms with Crippen molar-refractivity contribution in [3.8, 4) is 0 Å². The van der Waals surface area contributed by atoms with Gasteiger partial charge in [0.15, 0.2) is 5.69 Å². The summed E-state index contributed by atoms with van der Waals surface area (Å²) in [5.41, 5.74) is 1.29. The number of nitrogens with one attached hydrogen (secondary N) is 2. The topological polar surface area (TPSA) is 106 Å². The van der Waals surface area contributed by atoms with Gasteiger partial charge in [0, 0.05) is 52.3 Å². The van der Waals surface area contributed by atoms with Crippen LogP contribution in [-0.4, -0.2) is 65.8 Å². The molecule has 0 unspecified atom stereocenters. The summed E-state index contributed by atoms with van der Waals surface area (Å²) in [7, 11) is 1.55. The number of hydrogen-bond acceptors (Lipinski definition) is 5. The number of amides is 3. The third-order valence-electron chi connectivity index (χ3n) is 4.87. The molecular weight excluding hydrogens is 405 g/mol. The number of nitrogens with zero attached hydrogens (tertiary/aromatic N) is 3. The van der Waals surface area contributed by atoms with Gasteiger partial charge in [-0.3, -0.25) is 19.1 Å². The van der Waals surface area contributed by atoms with Crippen molar-refractivity contribution in [3.05, 3.63) is 53.1 Å². The van der Waals surface area contributed by atoms with Gasteiger partial charge in [-0.25, -0.2) is 4.39 Å². The van der Waals surface area contributed by atoms with Crippen LogP contribution >= 0.6 is 0 Å². The number of carbonyl (C=O) groups excluding carboxylic acids is 3. The zero-order chi connectivity index (χ0) is 22.2. The maximum absolute atomic E-state index is 13.1. The van der Waals surface area contributed by atoms with Crippen LogP contribution < -0.4 is 10.6 Å². The van der Waals surface area contributed by atoms with Crippen LogP contribution in [0.1, 0.15) is 39.4 Å². The van der Waals surface area contributed by atoms with Crippen LogP contribution in [0.15, 0.2) is 30.3 Å². The van der Waals surface area contributed by atoms with Crippen molar-refractivity contribution < 1.29 is 23.5 Å². The van der Waals surface area contributed by atoms with Crippen molar-refractivity contribution >= 4 is 17.7 Å². The number of methoxy groups -OCH3 is 1. The minimum Gasteiger partial charge on any atom is -0.383 e. The monoisotopic (exact) mass is 431 g/mol. The summed E-state index contributed by atoms with van der Waals surface area (Å²) in [6.07, 6.45) is 0.817. The second-order valence-electron chi connectivity index (χ2n) is 7.19. The summed E-state index contributed by atoms with van der Waals surface area (Å²) in [6, 6.07) is 7.49. The van der Waals surface area contributed by atoms with Gasteiger partial charge in [-0.15, -0.1) is 0 Å². The van der Waals surface area contributed by atoms with Crippen LogP contribution in [0.5, 0.6) is 0 Å². The first-order valence-corrected chi connectivity index (χ1v) is 10.1. The van der Waals surface area contributed by atoms with Crippen molar-refractivity contribution in [2.45, 2.75) is 25.9 Å². The van der Waals surface area contributed by atoms with Gasteiger partial charge in [0.25, 0.3) is 11.8 Å². The third kappa shape index (κ3) is 6.11. The average Bonchev–Trinajstić information content (AvgIpc) is 3.12. The number of rotatable bonds is 9. The molecule has 0 fully saturated rings. The molecule has 0 bridgehead atoms. The van der Waals surface area contributed by atoms with Gasteiger partial charge in [-0.2, -0.15) is 5.10 Å². The largest absolute Gasteiger partial charge is 0.383 e. The van der Waals surface area contributed by atoms with Crippen LogP contribution in [0.2, 0.25) is 0 Å². The lowest BCUT2D eigenvalue weighted by Gasteiger charge is -2.20. The molecule has 1 aromatic carbocycles. The standard InChI is InChI=1S/C21H26FN5O4/c1-31-12-9-23-19(28)7-8-24-20(29)17-13-18-21(30)26(10-2-11-27(18)25-17)14-15-3-5-16(22)6-4-15/h3-6,13H,2,7-12,14H2,1H3,(H,23,28)(H,24,29). The van der Waals surface area contributed by atoms with Gasteiger partial charge in [0.05, 0.1) is 6.61 Å². The van der Waals surface area contributed by atoms with Crippen molar-refractivity contribution in [1.29, 1.82) is 0 Å². The van der Waals surface area contributed by atoms with Gasteiger partial charge in [-0.05, 0) is 24.1 Å². The number of aryl methyl sites for hydroxylation is 1. The van der Waals surface area contributed by atoms with Crippen LogP contribution in [0.4, 0.5) is 4.39 Å². The predicted octanol–water partition coefficient (Wildman–Crippen LogP) is 0.951. The van der Waals surface area contributed by atoms with Crippen molar-refractivity contribution in [3.63, 3.8) is 0 Å². The highest BCUT2D eigenvalue weighted by Gasteiger charge is 2.26. The lowest BCUT2D eigenvalue weighted by atomic mass is 10.2. The molecule has 3 rings (SSSR count). The van der Waals surface area contributed by atoms with Gasteiger partial charge in [0.1, 0.15) is 11.5 Å². The van der Waals surface area contributed by atoms with Gasteiger partial charge in [-0.1, -0.05) is 12.1 Å². The fourth-order valence-electron chi connectivity index (χ4n) is 3.27. The molecule has 1 aliphatic heterocycles. The van der Waals surface area contributed by atoms with E-state index >= 15 is 0 Å². The summed E-state index contributed by atoms with van der Waals surface area (Å²) in [5.74, 6) is -1.19. The smallest absolute Gasteiger partial charge is 0.272 e. The maximum atomic E-state index is 13.1. The van der Waals surface area contributed by atoms with E-state index in [0.29, 0.717) is 44.9 Å². The molecule has 166 valence electrons. The van der Waals surface area contributed by atoms with E-state index in [-0.39, 0.29) is 36.3 Å². The van der Waals surface area contributed by atoms with E-state index in [9.17, 15) is 18.8 Å². The molecule has 1 aromatic heterocycles. The first kappa shape index (κ1) is 22.4. The highest BCUT2D eigenvalue weighted by atomic mass is 19.1. The molecule has 2 N–H and O–H groups in total. The van der Waals surface area contributed by atoms with E-state index in [1.807, 2.05) is 0 Å². The molecule has 0 spiro atoms. The van der Waals surface area contributed by atoms with Crippen LogP contribution in [-0.2, 0) is 22.6 Å². The minimum atomic E-state index is -0.442. The average molecular weight is 431 g/mol. The highest BCUT2D eigenvalue weighted by molar-refractivity contribution is 5.98. The zero-order valence-corrected chi connectivity index (χ0v) is 17.4. The quantitative estimate of drug-likeness (QED) is 0.575. The molecule has 2 aromatic rings. The number of ether oxygens (including phenoxy) is 1. The number of benzene rings is 1. The van der Waals surface area contributed by atoms with E-state index in [2.05, 4.69) is 15.7 Å². The Hall–Kier alpha value is -3.27. The number of halogens is 1. The van der Waals surface area contributed by atoms with Crippen molar-refractivity contribution in [1.82, 2.24) is 25.3 Å². The molecule has 0 saturated heterocycles. The molecule has 3 amide bonds. The van der Waals surface area contributed by atoms with Crippen molar-refractivity contribution in [2.75, 3.05) is 33.4 Å². The molecule has 10 heteroatoms. The van der Waals surface area contributed by atoms with E-state index in [4.69, 9.17) is 4.74 Å². The number of carbonyl (C=O) groups is 3. The SMILES string of the molecule is COCCNC(=O)CCNC(=O)c1cc2n(n1)CCCN(Cc1ccc(F)cc1)C2=O. The second-order valence-corrected chi connectivity index (χ2v) is 7.19. The third-order valence-corrected chi connectivity index (χ3v) is 4.87. The second kappa shape index (κ2) is 10.7. The molecule has 0 saturated carbocycles. The summed E-state index contributed by atoms with van der Waals surface area (Å²) in [4.78, 5) is 38.7. The lowest BCUT2D eigenvalue weighted by molar-refractivity contribution is -0.121. The Bertz CT molecular complexity index is 928. The molecule has 0 aliphatic carbocycles. The van der Waals surface area contributed by atoms with Gasteiger partial charge < -0.3 is 20.3 Å². The van der Waals surface area contributed by atoms with E-state index in [1.54, 1.807) is 28.8 Å². The van der Waals surface area contributed by atoms with Crippen LogP contribution in [0, 0.1) is 5.82 Å². The Morgan fingerprint density at radius 3 is 2.68 bits per heavy atom. The van der Waals surface area contributed by atoms with Crippen LogP contribution in [0.25, 0.3) is 0 Å². The summed E-state index contributed by atoms with van der Waals surface area (Å²) < 4.78 is 19.5. The fraction of sp³-hybridized carbons (Fsp3) is 0.429. The van der Waals surface area contributed by atoms with Crippen LogP contribution in [0.3, 0.4) is 0 Å². The molecule has 31 heavy (non-hydrogen) atoms. The van der Waals surface area contributed by atoms with Crippen molar-refractivity contribution in [2.24, 2.45) is 0 Å². The summed E-state index contributed by atoms with van der Waals surface area (Å²) in [6.45, 7) is 2.39.